The zero-order valence-corrected chi connectivity index (χ0v) is 21.3. The predicted molar refractivity (Wildman–Crippen MR) is 136 cm³/mol. The van der Waals surface area contributed by atoms with E-state index in [1.54, 1.807) is 24.1 Å². The van der Waals surface area contributed by atoms with Crippen LogP contribution < -0.4 is 15.3 Å². The first-order chi connectivity index (χ1) is 16.9. The highest BCUT2D eigenvalue weighted by Gasteiger charge is 2.35. The SMILES string of the molecule is C=C/C=C1/C(N)=NC=NN1[C@H]1CCC(COP(NC(C(=O)OCC)C(C)C)Oc2ccccc2)O1. The smallest absolute Gasteiger partial charge is 0.323 e. The molecule has 0 aromatic heterocycles. The summed E-state index contributed by atoms with van der Waals surface area (Å²) in [5, 5.41) is 9.25. The van der Waals surface area contributed by atoms with Gasteiger partial charge in [0.25, 0.3) is 0 Å². The number of carbonyl (C=O) groups is 1. The normalized spacial score (nSPS) is 22.7. The van der Waals surface area contributed by atoms with E-state index in [9.17, 15) is 4.79 Å². The molecule has 190 valence electrons. The van der Waals surface area contributed by atoms with Crippen LogP contribution in [0.3, 0.4) is 0 Å². The van der Waals surface area contributed by atoms with Crippen molar-refractivity contribution in [3.63, 3.8) is 0 Å². The standard InChI is InChI=1S/C24H34N5O5P/c1-5-10-20-23(25)26-16-27-29(20)21-14-13-19(33-21)15-32-35(34-18-11-8-7-9-12-18)28-22(17(3)4)24(30)31-6-2/h5,7-12,16-17,19,21-22,28H,1,6,13-15H2,2-4H3,(H2,25,26,27)/b20-10-/t19?,21-,22?,35?/m1/s1. The van der Waals surface area contributed by atoms with Crippen LogP contribution in [0.4, 0.5) is 0 Å². The van der Waals surface area contributed by atoms with Crippen molar-refractivity contribution in [3.8, 4) is 5.75 Å². The minimum Gasteiger partial charge on any atom is -0.465 e. The second-order valence-corrected chi connectivity index (χ2v) is 9.44. The van der Waals surface area contributed by atoms with Crippen molar-refractivity contribution in [1.82, 2.24) is 10.1 Å². The number of nitrogens with two attached hydrogens (primary N) is 1. The number of ether oxygens (including phenoxy) is 2. The van der Waals surface area contributed by atoms with Crippen LogP contribution in [0.1, 0.15) is 33.6 Å². The van der Waals surface area contributed by atoms with E-state index in [2.05, 4.69) is 21.8 Å². The zero-order valence-electron chi connectivity index (χ0n) is 20.4. The van der Waals surface area contributed by atoms with E-state index in [1.807, 2.05) is 44.2 Å². The van der Waals surface area contributed by atoms with Gasteiger partial charge in [-0.3, -0.25) is 4.79 Å². The largest absolute Gasteiger partial charge is 0.465 e. The minimum absolute atomic E-state index is 0.0201. The predicted octanol–water partition coefficient (Wildman–Crippen LogP) is 3.68. The van der Waals surface area contributed by atoms with Gasteiger partial charge in [-0.25, -0.2) is 15.1 Å². The first kappa shape index (κ1) is 26.8. The molecule has 2 heterocycles. The molecule has 35 heavy (non-hydrogen) atoms. The van der Waals surface area contributed by atoms with Gasteiger partial charge in [0.15, 0.2) is 12.1 Å². The minimum atomic E-state index is -1.66. The third-order valence-electron chi connectivity index (χ3n) is 5.28. The van der Waals surface area contributed by atoms with Crippen LogP contribution in [0.2, 0.25) is 0 Å². The molecule has 0 amide bonds. The Morgan fingerprint density at radius 1 is 1.37 bits per heavy atom. The summed E-state index contributed by atoms with van der Waals surface area (Å²) in [6.07, 6.45) is 5.78. The maximum absolute atomic E-state index is 12.5. The van der Waals surface area contributed by atoms with Gasteiger partial charge in [-0.2, -0.15) is 5.10 Å². The molecule has 10 nitrogen and oxygen atoms in total. The number of para-hydroxylation sites is 1. The van der Waals surface area contributed by atoms with Crippen LogP contribution in [-0.2, 0) is 18.8 Å². The molecule has 3 N–H and O–H groups in total. The van der Waals surface area contributed by atoms with Crippen molar-refractivity contribution in [1.29, 1.82) is 0 Å². The van der Waals surface area contributed by atoms with E-state index in [0.717, 1.165) is 12.8 Å². The lowest BCUT2D eigenvalue weighted by Gasteiger charge is -2.29. The number of nitrogens with zero attached hydrogens (tertiary/aromatic N) is 3. The van der Waals surface area contributed by atoms with Crippen LogP contribution in [0, 0.1) is 5.92 Å². The van der Waals surface area contributed by atoms with Gasteiger partial charge in [0.1, 0.15) is 23.8 Å². The number of esters is 1. The van der Waals surface area contributed by atoms with E-state index >= 15 is 0 Å². The van der Waals surface area contributed by atoms with Crippen molar-refractivity contribution >= 4 is 26.7 Å². The molecule has 1 aromatic carbocycles. The van der Waals surface area contributed by atoms with Gasteiger partial charge >= 0.3 is 14.5 Å². The number of rotatable bonds is 12. The second-order valence-electron chi connectivity index (χ2n) is 8.23. The summed E-state index contributed by atoms with van der Waals surface area (Å²) in [5.41, 5.74) is 6.65. The van der Waals surface area contributed by atoms with Gasteiger partial charge in [0.05, 0.1) is 19.3 Å². The number of benzene rings is 1. The molecule has 0 aliphatic carbocycles. The van der Waals surface area contributed by atoms with Crippen LogP contribution >= 0.6 is 8.53 Å². The number of nitrogens with one attached hydrogen (secondary N) is 1. The number of hydrogen-bond acceptors (Lipinski definition) is 10. The van der Waals surface area contributed by atoms with Gasteiger partial charge in [-0.15, -0.1) is 0 Å². The summed E-state index contributed by atoms with van der Waals surface area (Å²) in [7, 11) is -1.66. The van der Waals surface area contributed by atoms with Crippen LogP contribution in [-0.4, -0.2) is 54.7 Å². The van der Waals surface area contributed by atoms with Crippen molar-refractivity contribution in [3.05, 3.63) is 54.8 Å². The fourth-order valence-corrected chi connectivity index (χ4v) is 4.94. The molecular formula is C24H34N5O5P. The van der Waals surface area contributed by atoms with Gasteiger partial charge in [-0.05, 0) is 43.9 Å². The summed E-state index contributed by atoms with van der Waals surface area (Å²) in [6, 6.07) is 8.76. The highest BCUT2D eigenvalue weighted by molar-refractivity contribution is 7.45. The van der Waals surface area contributed by atoms with E-state index in [4.69, 9.17) is 24.3 Å². The lowest BCUT2D eigenvalue weighted by atomic mass is 10.1. The topological polar surface area (TPSA) is 120 Å². The van der Waals surface area contributed by atoms with Crippen molar-refractivity contribution in [2.45, 2.75) is 52.0 Å². The van der Waals surface area contributed by atoms with Crippen molar-refractivity contribution in [2.24, 2.45) is 21.7 Å². The average molecular weight is 504 g/mol. The molecule has 3 unspecified atom stereocenters. The fraction of sp³-hybridized carbons (Fsp3) is 0.458. The summed E-state index contributed by atoms with van der Waals surface area (Å²) < 4.78 is 23.6. The molecule has 11 heteroatoms. The molecule has 4 atom stereocenters. The van der Waals surface area contributed by atoms with Gasteiger partial charge in [-0.1, -0.05) is 44.7 Å². The molecule has 0 bridgehead atoms. The monoisotopic (exact) mass is 503 g/mol. The van der Waals surface area contributed by atoms with E-state index in [1.165, 1.54) is 6.34 Å². The molecule has 3 rings (SSSR count). The molecule has 1 fully saturated rings. The number of allylic oxidation sites excluding steroid dienone is 2. The fourth-order valence-electron chi connectivity index (χ4n) is 3.52. The van der Waals surface area contributed by atoms with E-state index in [0.29, 0.717) is 23.9 Å². The molecule has 1 aromatic rings. The summed E-state index contributed by atoms with van der Waals surface area (Å²) >= 11 is 0. The van der Waals surface area contributed by atoms with Crippen LogP contribution in [0.5, 0.6) is 5.75 Å². The Morgan fingerprint density at radius 3 is 2.83 bits per heavy atom. The molecule has 1 saturated heterocycles. The molecule has 0 spiro atoms. The maximum Gasteiger partial charge on any atom is 0.323 e. The maximum atomic E-state index is 12.5. The Labute approximate surface area is 207 Å². The number of aliphatic imine (C=N–C) groups is 1. The van der Waals surface area contributed by atoms with Crippen molar-refractivity contribution in [2.75, 3.05) is 13.2 Å². The quantitative estimate of drug-likeness (QED) is 0.327. The van der Waals surface area contributed by atoms with Crippen LogP contribution in [0.15, 0.2) is 64.9 Å². The Hall–Kier alpha value is -2.78. The van der Waals surface area contributed by atoms with Crippen LogP contribution in [0.25, 0.3) is 0 Å². The first-order valence-electron chi connectivity index (χ1n) is 11.6. The molecule has 0 radical (unpaired) electrons. The van der Waals surface area contributed by atoms with Gasteiger partial charge < -0.3 is 24.3 Å². The lowest BCUT2D eigenvalue weighted by molar-refractivity contribution is -0.146. The number of hydrazone groups is 1. The summed E-state index contributed by atoms with van der Waals surface area (Å²) in [4.78, 5) is 16.5. The third kappa shape index (κ3) is 7.60. The molecule has 0 saturated carbocycles. The Kier molecular flexibility index (Phi) is 10.2. The van der Waals surface area contributed by atoms with Crippen molar-refractivity contribution < 1.29 is 23.3 Å². The number of carbonyl (C=O) groups excluding carboxylic acids is 1. The first-order valence-corrected chi connectivity index (χ1v) is 12.8. The van der Waals surface area contributed by atoms with Gasteiger partial charge in [0.2, 0.25) is 0 Å². The Morgan fingerprint density at radius 2 is 2.14 bits per heavy atom. The highest BCUT2D eigenvalue weighted by atomic mass is 31.2. The molecule has 2 aliphatic rings. The summed E-state index contributed by atoms with van der Waals surface area (Å²) in [6.45, 7) is 9.97. The highest BCUT2D eigenvalue weighted by Crippen LogP contribution is 2.38. The van der Waals surface area contributed by atoms with Gasteiger partial charge in [0, 0.05) is 0 Å². The summed E-state index contributed by atoms with van der Waals surface area (Å²) in [5.74, 6) is 0.634. The lowest BCUT2D eigenvalue weighted by Crippen LogP contribution is -2.40. The molecular weight excluding hydrogens is 469 g/mol. The zero-order chi connectivity index (χ0) is 25.2. The number of hydrogen-bond donors (Lipinski definition) is 2. The average Bonchev–Trinajstić information content (AvgIpc) is 3.31. The Bertz CT molecular complexity index is 939. The van der Waals surface area contributed by atoms with E-state index < -0.39 is 14.6 Å². The van der Waals surface area contributed by atoms with E-state index in [-0.39, 0.29) is 30.8 Å². The second kappa shape index (κ2) is 13.3. The Balaban J connectivity index is 1.64. The third-order valence-corrected chi connectivity index (χ3v) is 6.53. The number of amidine groups is 1. The molecule has 2 aliphatic heterocycles.